The number of nitriles is 1. The van der Waals surface area contributed by atoms with E-state index < -0.39 is 5.97 Å². The number of carbonyl (C=O) groups excluding carboxylic acids is 2. The smallest absolute Gasteiger partial charge is 0.335 e. The molecule has 2 N–H and O–H groups in total. The highest BCUT2D eigenvalue weighted by molar-refractivity contribution is 6.27. The first-order chi connectivity index (χ1) is 19.7. The van der Waals surface area contributed by atoms with Crippen molar-refractivity contribution in [2.24, 2.45) is 4.99 Å². The molecule has 1 atom stereocenters. The van der Waals surface area contributed by atoms with Gasteiger partial charge in [-0.3, -0.25) is 14.6 Å². The van der Waals surface area contributed by atoms with Crippen LogP contribution >= 0.6 is 0 Å². The Bertz CT molecular complexity index is 1400. The number of anilines is 1. The number of dihydropyridines is 1. The molecule has 0 aromatic heterocycles. The summed E-state index contributed by atoms with van der Waals surface area (Å²) < 4.78 is 0. The van der Waals surface area contributed by atoms with E-state index in [4.69, 9.17) is 0 Å². The third kappa shape index (κ3) is 7.27. The number of carboxylic acid groups (broad SMARTS) is 1. The third-order valence-electron chi connectivity index (χ3n) is 8.11. The van der Waals surface area contributed by atoms with Gasteiger partial charge in [-0.05, 0) is 82.0 Å². The maximum Gasteiger partial charge on any atom is 0.335 e. The molecule has 2 aromatic carbocycles. The number of aliphatic imine (C=N–C) groups is 1. The van der Waals surface area contributed by atoms with Gasteiger partial charge in [0.05, 0.1) is 22.8 Å². The Labute approximate surface area is 241 Å². The highest BCUT2D eigenvalue weighted by Gasteiger charge is 2.28. The Kier molecular flexibility index (Phi) is 9.69. The molecule has 1 unspecified atom stereocenters. The van der Waals surface area contributed by atoms with Gasteiger partial charge in [-0.2, -0.15) is 5.26 Å². The fraction of sp³-hybridized carbons (Fsp3) is 0.406. The molecule has 1 fully saturated rings. The number of rotatable bonds is 10. The predicted molar refractivity (Wildman–Crippen MR) is 158 cm³/mol. The molecule has 1 saturated heterocycles. The maximum atomic E-state index is 12.8. The highest BCUT2D eigenvalue weighted by Crippen LogP contribution is 2.28. The second-order valence-electron chi connectivity index (χ2n) is 10.8. The first-order valence-corrected chi connectivity index (χ1v) is 14.0. The van der Waals surface area contributed by atoms with Crippen molar-refractivity contribution in [1.82, 2.24) is 10.2 Å². The Morgan fingerprint density at radius 3 is 2.54 bits per heavy atom. The average Bonchev–Trinajstić information content (AvgIpc) is 2.98. The van der Waals surface area contributed by atoms with Crippen molar-refractivity contribution >= 4 is 29.1 Å². The molecule has 0 spiro atoms. The van der Waals surface area contributed by atoms with Crippen molar-refractivity contribution in [3.05, 3.63) is 76.4 Å². The van der Waals surface area contributed by atoms with Crippen LogP contribution in [0.2, 0.25) is 0 Å². The molecule has 2 aliphatic heterocycles. The number of ketones is 1. The molecule has 0 radical (unpaired) electrons. The minimum absolute atomic E-state index is 0.110. The van der Waals surface area contributed by atoms with Gasteiger partial charge in [-0.25, -0.2) is 4.79 Å². The first kappa shape index (κ1) is 29.7. The van der Waals surface area contributed by atoms with E-state index in [0.717, 1.165) is 43.6 Å². The number of amides is 1. The molecule has 1 amide bonds. The molecule has 0 saturated carbocycles. The van der Waals surface area contributed by atoms with Crippen LogP contribution in [0.5, 0.6) is 0 Å². The van der Waals surface area contributed by atoms with E-state index in [2.05, 4.69) is 33.1 Å². The monoisotopic (exact) mass is 555 g/mol. The lowest BCUT2D eigenvalue weighted by Gasteiger charge is -2.42. The van der Waals surface area contributed by atoms with Crippen LogP contribution in [0.3, 0.4) is 0 Å². The fourth-order valence-corrected chi connectivity index (χ4v) is 5.60. The number of hydrogen-bond acceptors (Lipinski definition) is 7. The van der Waals surface area contributed by atoms with E-state index >= 15 is 0 Å². The van der Waals surface area contributed by atoms with Crippen LogP contribution in [0.4, 0.5) is 5.69 Å². The van der Waals surface area contributed by atoms with Gasteiger partial charge in [0.25, 0.3) is 5.91 Å². The van der Waals surface area contributed by atoms with Gasteiger partial charge >= 0.3 is 5.97 Å². The number of benzene rings is 2. The van der Waals surface area contributed by atoms with Crippen molar-refractivity contribution < 1.29 is 19.5 Å². The molecule has 2 aromatic rings. The molecule has 0 bridgehead atoms. The zero-order chi connectivity index (χ0) is 29.5. The van der Waals surface area contributed by atoms with Gasteiger partial charge in [-0.1, -0.05) is 12.1 Å². The Morgan fingerprint density at radius 2 is 1.88 bits per heavy atom. The lowest BCUT2D eigenvalue weighted by Crippen LogP contribution is -2.48. The van der Waals surface area contributed by atoms with E-state index in [9.17, 15) is 24.8 Å². The summed E-state index contributed by atoms with van der Waals surface area (Å²) in [7, 11) is 0. The van der Waals surface area contributed by atoms with Gasteiger partial charge in [0, 0.05) is 55.2 Å². The van der Waals surface area contributed by atoms with E-state index in [0.29, 0.717) is 35.5 Å². The number of likely N-dealkylation sites (tertiary alicyclic amines) is 1. The number of hydrogen-bond donors (Lipinski definition) is 2. The predicted octanol–water partition coefficient (Wildman–Crippen LogP) is 3.98. The average molecular weight is 556 g/mol. The summed E-state index contributed by atoms with van der Waals surface area (Å²) in [6.07, 6.45) is 2.65. The van der Waals surface area contributed by atoms with Crippen LogP contribution in [0.25, 0.3) is 0 Å². The van der Waals surface area contributed by atoms with Gasteiger partial charge in [0.1, 0.15) is 6.54 Å². The second kappa shape index (κ2) is 13.4. The number of nitrogens with zero attached hydrogens (tertiary/aromatic N) is 4. The van der Waals surface area contributed by atoms with Crippen LogP contribution in [-0.4, -0.2) is 71.6 Å². The molecule has 4 rings (SSSR count). The Hall–Kier alpha value is -4.29. The quantitative estimate of drug-likeness (QED) is 0.454. The Morgan fingerprint density at radius 1 is 1.17 bits per heavy atom. The Balaban J connectivity index is 1.36. The van der Waals surface area contributed by atoms with Crippen LogP contribution in [0.1, 0.15) is 61.5 Å². The van der Waals surface area contributed by atoms with E-state index in [1.165, 1.54) is 0 Å². The molecule has 9 nitrogen and oxygen atoms in total. The van der Waals surface area contributed by atoms with Crippen molar-refractivity contribution in [2.75, 3.05) is 31.1 Å². The summed E-state index contributed by atoms with van der Waals surface area (Å²) in [5, 5.41) is 21.7. The minimum atomic E-state index is -0.953. The number of carboxylic acids is 1. The van der Waals surface area contributed by atoms with Crippen molar-refractivity contribution in [1.29, 1.82) is 5.26 Å². The van der Waals surface area contributed by atoms with E-state index in [1.807, 2.05) is 30.3 Å². The summed E-state index contributed by atoms with van der Waals surface area (Å²) in [5.74, 6) is -1.31. The molecular formula is C32H37N5O4. The first-order valence-electron chi connectivity index (χ1n) is 14.0. The summed E-state index contributed by atoms with van der Waals surface area (Å²) in [6.45, 7) is 8.65. The molecule has 2 aliphatic rings. The zero-order valence-electron chi connectivity index (χ0n) is 23.9. The summed E-state index contributed by atoms with van der Waals surface area (Å²) in [4.78, 5) is 45.0. The van der Waals surface area contributed by atoms with Crippen LogP contribution in [-0.2, 0) is 16.1 Å². The minimum Gasteiger partial charge on any atom is -0.478 e. The highest BCUT2D eigenvalue weighted by atomic mass is 16.4. The molecular weight excluding hydrogens is 518 g/mol. The third-order valence-corrected chi connectivity index (χ3v) is 8.11. The van der Waals surface area contributed by atoms with Crippen molar-refractivity contribution in [2.45, 2.75) is 58.7 Å². The van der Waals surface area contributed by atoms with Gasteiger partial charge in [0.2, 0.25) is 0 Å². The van der Waals surface area contributed by atoms with Crippen LogP contribution in [0, 0.1) is 11.3 Å². The normalized spacial score (nSPS) is 17.0. The molecule has 2 heterocycles. The van der Waals surface area contributed by atoms with E-state index in [1.54, 1.807) is 32.0 Å². The second-order valence-corrected chi connectivity index (χ2v) is 10.8. The SMILES string of the molecule is CC1=NCC(=O)C(C)=C1C(=O)NCCC(C)N1CCC(N(Cc2cccc(C#N)c2)c2ccc(C(=O)O)cc2)CC1. The molecule has 0 aliphatic carbocycles. The lowest BCUT2D eigenvalue weighted by molar-refractivity contribution is -0.118. The van der Waals surface area contributed by atoms with Crippen molar-refractivity contribution in [3.8, 4) is 6.07 Å². The van der Waals surface area contributed by atoms with Gasteiger partial charge < -0.3 is 20.2 Å². The number of Topliss-reactive ketones (excluding diaryl/α,β-unsaturated/α-hetero) is 1. The van der Waals surface area contributed by atoms with Crippen LogP contribution < -0.4 is 10.2 Å². The van der Waals surface area contributed by atoms with Gasteiger partial charge in [-0.15, -0.1) is 0 Å². The lowest BCUT2D eigenvalue weighted by atomic mass is 9.98. The zero-order valence-corrected chi connectivity index (χ0v) is 23.9. The largest absolute Gasteiger partial charge is 0.478 e. The standard InChI is InChI=1S/C32H37N5O4/c1-21(11-14-34-31(39)30-22(2)29(38)19-35-23(30)3)36-15-12-28(13-16-36)37(20-25-6-4-5-24(17-25)18-33)27-9-7-26(8-10-27)32(40)41/h4-10,17,21,28H,11-16,19-20H2,1-3H3,(H,34,39)(H,40,41). The van der Waals surface area contributed by atoms with Crippen molar-refractivity contribution in [3.63, 3.8) is 0 Å². The number of aromatic carboxylic acids is 1. The maximum absolute atomic E-state index is 12.8. The summed E-state index contributed by atoms with van der Waals surface area (Å²) in [5.41, 5.74) is 4.33. The topological polar surface area (TPSA) is 126 Å². The molecule has 214 valence electrons. The fourth-order valence-electron chi connectivity index (χ4n) is 5.60. The summed E-state index contributed by atoms with van der Waals surface area (Å²) >= 11 is 0. The molecule has 9 heteroatoms. The van der Waals surface area contributed by atoms with Gasteiger partial charge in [0.15, 0.2) is 5.78 Å². The number of piperidine rings is 1. The number of carbonyl (C=O) groups is 3. The number of nitrogens with one attached hydrogen (secondary N) is 1. The van der Waals surface area contributed by atoms with E-state index in [-0.39, 0.29) is 35.9 Å². The molecule has 41 heavy (non-hydrogen) atoms. The van der Waals surface area contributed by atoms with Crippen LogP contribution in [0.15, 0.2) is 64.7 Å². The summed E-state index contributed by atoms with van der Waals surface area (Å²) in [6, 6.07) is 17.3.